The fourth-order valence-corrected chi connectivity index (χ4v) is 1.95. The van der Waals surface area contributed by atoms with Crippen LogP contribution < -0.4 is 4.74 Å². The standard InChI is InChI=1S/C14H21FO2/c1-4-6-10(2)12(16)9-11-7-5-8-13(17-3)14(11)15/h5,7-8,10,12,16H,4,6,9H2,1-3H3. The summed E-state index contributed by atoms with van der Waals surface area (Å²) >= 11 is 0. The molecule has 0 radical (unpaired) electrons. The normalized spacial score (nSPS) is 14.4. The Kier molecular flexibility index (Phi) is 5.42. The number of rotatable bonds is 6. The Morgan fingerprint density at radius 2 is 2.12 bits per heavy atom. The summed E-state index contributed by atoms with van der Waals surface area (Å²) in [6, 6.07) is 5.02. The van der Waals surface area contributed by atoms with Gasteiger partial charge in [0.05, 0.1) is 13.2 Å². The van der Waals surface area contributed by atoms with Gasteiger partial charge < -0.3 is 9.84 Å². The van der Waals surface area contributed by atoms with E-state index in [0.717, 1.165) is 12.8 Å². The molecule has 96 valence electrons. The fourth-order valence-electron chi connectivity index (χ4n) is 1.95. The Hall–Kier alpha value is -1.09. The maximum atomic E-state index is 13.8. The van der Waals surface area contributed by atoms with Gasteiger partial charge in [-0.25, -0.2) is 4.39 Å². The number of aliphatic hydroxyl groups excluding tert-OH is 1. The van der Waals surface area contributed by atoms with E-state index in [1.54, 1.807) is 18.2 Å². The SMILES string of the molecule is CCCC(C)C(O)Cc1cccc(OC)c1F. The van der Waals surface area contributed by atoms with Crippen molar-refractivity contribution in [2.45, 2.75) is 39.2 Å². The molecule has 0 saturated carbocycles. The molecule has 2 atom stereocenters. The average molecular weight is 240 g/mol. The van der Waals surface area contributed by atoms with E-state index >= 15 is 0 Å². The summed E-state index contributed by atoms with van der Waals surface area (Å²) in [7, 11) is 1.44. The van der Waals surface area contributed by atoms with E-state index in [9.17, 15) is 9.50 Å². The van der Waals surface area contributed by atoms with Crippen molar-refractivity contribution < 1.29 is 14.2 Å². The molecule has 0 aliphatic heterocycles. The van der Waals surface area contributed by atoms with Crippen molar-refractivity contribution in [1.82, 2.24) is 0 Å². The first-order chi connectivity index (χ1) is 8.10. The molecule has 3 heteroatoms. The molecule has 17 heavy (non-hydrogen) atoms. The van der Waals surface area contributed by atoms with Gasteiger partial charge in [-0.1, -0.05) is 32.4 Å². The molecule has 0 fully saturated rings. The van der Waals surface area contributed by atoms with E-state index in [-0.39, 0.29) is 17.5 Å². The maximum absolute atomic E-state index is 13.8. The molecule has 0 aliphatic carbocycles. The van der Waals surface area contributed by atoms with Crippen molar-refractivity contribution in [3.63, 3.8) is 0 Å². The zero-order chi connectivity index (χ0) is 12.8. The Bertz CT molecular complexity index is 352. The third kappa shape index (κ3) is 3.70. The van der Waals surface area contributed by atoms with Crippen LogP contribution in [-0.4, -0.2) is 18.3 Å². The molecular weight excluding hydrogens is 219 g/mol. The highest BCUT2D eigenvalue weighted by atomic mass is 19.1. The van der Waals surface area contributed by atoms with Gasteiger partial charge in [-0.05, 0) is 24.0 Å². The van der Waals surface area contributed by atoms with Crippen molar-refractivity contribution in [2.75, 3.05) is 7.11 Å². The van der Waals surface area contributed by atoms with E-state index < -0.39 is 6.10 Å². The summed E-state index contributed by atoms with van der Waals surface area (Å²) in [4.78, 5) is 0. The van der Waals surface area contributed by atoms with Crippen LogP contribution in [0, 0.1) is 11.7 Å². The van der Waals surface area contributed by atoms with Crippen LogP contribution in [0.3, 0.4) is 0 Å². The molecule has 1 aromatic rings. The van der Waals surface area contributed by atoms with Crippen molar-refractivity contribution in [3.05, 3.63) is 29.6 Å². The van der Waals surface area contributed by atoms with Crippen molar-refractivity contribution >= 4 is 0 Å². The molecule has 0 saturated heterocycles. The number of ether oxygens (including phenoxy) is 1. The Morgan fingerprint density at radius 3 is 2.71 bits per heavy atom. The van der Waals surface area contributed by atoms with Gasteiger partial charge in [0.1, 0.15) is 0 Å². The lowest BCUT2D eigenvalue weighted by atomic mass is 9.94. The summed E-state index contributed by atoms with van der Waals surface area (Å²) in [5, 5.41) is 9.98. The fraction of sp³-hybridized carbons (Fsp3) is 0.571. The van der Waals surface area contributed by atoms with E-state index in [4.69, 9.17) is 4.74 Å². The number of methoxy groups -OCH3 is 1. The molecule has 0 bridgehead atoms. The minimum Gasteiger partial charge on any atom is -0.494 e. The molecule has 0 spiro atoms. The van der Waals surface area contributed by atoms with Crippen LogP contribution in [-0.2, 0) is 6.42 Å². The third-order valence-corrected chi connectivity index (χ3v) is 3.09. The predicted molar refractivity (Wildman–Crippen MR) is 66.7 cm³/mol. The van der Waals surface area contributed by atoms with Crippen molar-refractivity contribution in [3.8, 4) is 5.75 Å². The van der Waals surface area contributed by atoms with Crippen LogP contribution in [0.5, 0.6) is 5.75 Å². The lowest BCUT2D eigenvalue weighted by Crippen LogP contribution is -2.20. The van der Waals surface area contributed by atoms with Crippen LogP contribution in [0.15, 0.2) is 18.2 Å². The number of aliphatic hydroxyl groups is 1. The highest BCUT2D eigenvalue weighted by Gasteiger charge is 2.17. The topological polar surface area (TPSA) is 29.5 Å². The molecule has 2 unspecified atom stereocenters. The minimum absolute atomic E-state index is 0.186. The van der Waals surface area contributed by atoms with Gasteiger partial charge >= 0.3 is 0 Å². The average Bonchev–Trinajstić information content (AvgIpc) is 2.32. The van der Waals surface area contributed by atoms with Gasteiger partial charge in [-0.3, -0.25) is 0 Å². The van der Waals surface area contributed by atoms with Gasteiger partial charge in [0.15, 0.2) is 11.6 Å². The predicted octanol–water partition coefficient (Wildman–Crippen LogP) is 3.17. The van der Waals surface area contributed by atoms with Gasteiger partial charge in [-0.2, -0.15) is 0 Å². The lowest BCUT2D eigenvalue weighted by molar-refractivity contribution is 0.110. The highest BCUT2D eigenvalue weighted by Crippen LogP contribution is 2.23. The van der Waals surface area contributed by atoms with Gasteiger partial charge in [0, 0.05) is 6.42 Å². The van der Waals surface area contributed by atoms with Crippen molar-refractivity contribution in [2.24, 2.45) is 5.92 Å². The summed E-state index contributed by atoms with van der Waals surface area (Å²) in [6.45, 7) is 4.07. The van der Waals surface area contributed by atoms with Crippen LogP contribution in [0.2, 0.25) is 0 Å². The molecule has 0 aliphatic rings. The Morgan fingerprint density at radius 1 is 1.41 bits per heavy atom. The number of hydrogen-bond acceptors (Lipinski definition) is 2. The van der Waals surface area contributed by atoms with Crippen molar-refractivity contribution in [1.29, 1.82) is 0 Å². The summed E-state index contributed by atoms with van der Waals surface area (Å²) < 4.78 is 18.8. The van der Waals surface area contributed by atoms with E-state index in [1.165, 1.54) is 7.11 Å². The van der Waals surface area contributed by atoms with Gasteiger partial charge in [-0.15, -0.1) is 0 Å². The molecule has 0 aromatic heterocycles. The maximum Gasteiger partial charge on any atom is 0.168 e. The number of hydrogen-bond donors (Lipinski definition) is 1. The van der Waals surface area contributed by atoms with Crippen LogP contribution >= 0.6 is 0 Å². The molecule has 0 amide bonds. The molecule has 1 rings (SSSR count). The largest absolute Gasteiger partial charge is 0.494 e. The first kappa shape index (κ1) is 14.0. The van der Waals surface area contributed by atoms with Crippen LogP contribution in [0.4, 0.5) is 4.39 Å². The van der Waals surface area contributed by atoms with E-state index in [1.807, 2.05) is 6.92 Å². The molecular formula is C14H21FO2. The summed E-state index contributed by atoms with van der Waals surface area (Å²) in [6.07, 6.45) is 1.81. The Labute approximate surface area is 102 Å². The smallest absolute Gasteiger partial charge is 0.168 e. The Balaban J connectivity index is 2.74. The molecule has 1 aromatic carbocycles. The first-order valence-corrected chi connectivity index (χ1v) is 6.09. The monoisotopic (exact) mass is 240 g/mol. The molecule has 2 nitrogen and oxygen atoms in total. The van der Waals surface area contributed by atoms with Crippen LogP contribution in [0.1, 0.15) is 32.3 Å². The van der Waals surface area contributed by atoms with Crippen LogP contribution in [0.25, 0.3) is 0 Å². The quantitative estimate of drug-likeness (QED) is 0.827. The zero-order valence-electron chi connectivity index (χ0n) is 10.7. The summed E-state index contributed by atoms with van der Waals surface area (Å²) in [5.74, 6) is 0.0567. The summed E-state index contributed by atoms with van der Waals surface area (Å²) in [5.41, 5.74) is 0.514. The van der Waals surface area contributed by atoms with E-state index in [0.29, 0.717) is 12.0 Å². The third-order valence-electron chi connectivity index (χ3n) is 3.09. The minimum atomic E-state index is -0.503. The number of halogens is 1. The van der Waals surface area contributed by atoms with Gasteiger partial charge in [0.25, 0.3) is 0 Å². The van der Waals surface area contributed by atoms with Gasteiger partial charge in [0.2, 0.25) is 0 Å². The molecule has 0 heterocycles. The first-order valence-electron chi connectivity index (χ1n) is 6.09. The lowest BCUT2D eigenvalue weighted by Gasteiger charge is -2.18. The molecule has 1 N–H and O–H groups in total. The second-order valence-corrected chi connectivity index (χ2v) is 4.47. The zero-order valence-corrected chi connectivity index (χ0v) is 10.7. The van der Waals surface area contributed by atoms with E-state index in [2.05, 4.69) is 6.92 Å². The second-order valence-electron chi connectivity index (χ2n) is 4.47. The second kappa shape index (κ2) is 6.60. The highest BCUT2D eigenvalue weighted by molar-refractivity contribution is 5.31. The number of benzene rings is 1.